The number of methoxy groups -OCH3 is 1. The molecule has 1 saturated heterocycles. The first kappa shape index (κ1) is 47.8. The van der Waals surface area contributed by atoms with Crippen molar-refractivity contribution in [2.75, 3.05) is 13.7 Å². The number of nitro benzene ring substituents is 1. The number of ether oxygens (including phenoxy) is 1. The first-order valence-electron chi connectivity index (χ1n) is 20.9. The number of esters is 1. The topological polar surface area (TPSA) is 287 Å². The lowest BCUT2D eigenvalue weighted by Gasteiger charge is -2.45. The van der Waals surface area contributed by atoms with E-state index in [1.54, 1.807) is 20.8 Å². The van der Waals surface area contributed by atoms with Crippen LogP contribution in [0.5, 0.6) is 0 Å². The van der Waals surface area contributed by atoms with E-state index in [1.165, 1.54) is 18.1 Å². The molecule has 19 nitrogen and oxygen atoms in total. The van der Waals surface area contributed by atoms with Crippen LogP contribution in [-0.4, -0.2) is 106 Å². The summed E-state index contributed by atoms with van der Waals surface area (Å²) >= 11 is 0. The Morgan fingerprint density at radius 1 is 0.869 bits per heavy atom. The van der Waals surface area contributed by atoms with Crippen LogP contribution in [0.15, 0.2) is 30.4 Å². The predicted molar refractivity (Wildman–Crippen MR) is 219 cm³/mol. The van der Waals surface area contributed by atoms with Crippen molar-refractivity contribution in [3.05, 3.63) is 51.6 Å². The van der Waals surface area contributed by atoms with Crippen LogP contribution in [0.1, 0.15) is 125 Å². The van der Waals surface area contributed by atoms with Crippen LogP contribution >= 0.6 is 0 Å². The number of hydrogen-bond donors (Lipinski definition) is 6. The molecule has 2 aliphatic carbocycles. The molecule has 7 N–H and O–H groups in total. The molecule has 61 heavy (non-hydrogen) atoms. The highest BCUT2D eigenvalue weighted by Crippen LogP contribution is 2.31. The zero-order valence-corrected chi connectivity index (χ0v) is 35.2. The molecule has 0 bridgehead atoms. The van der Waals surface area contributed by atoms with Gasteiger partial charge in [-0.1, -0.05) is 65.4 Å². The number of carboxylic acid groups (broad SMARTS) is 1. The van der Waals surface area contributed by atoms with Crippen molar-refractivity contribution in [2.45, 2.75) is 134 Å². The fourth-order valence-corrected chi connectivity index (χ4v) is 8.26. The third kappa shape index (κ3) is 12.8. The molecule has 5 atom stereocenters. The number of likely N-dealkylation sites (tertiary alicyclic amines) is 1. The summed E-state index contributed by atoms with van der Waals surface area (Å²) in [7, 11) is 1.17. The predicted octanol–water partition coefficient (Wildman–Crippen LogP) is 2.65. The number of non-ortho nitro benzene ring substituents is 1. The smallest absolute Gasteiger partial charge is 0.336 e. The second-order valence-electron chi connectivity index (χ2n) is 17.1. The molecule has 2 saturated carbocycles. The Morgan fingerprint density at radius 2 is 1.48 bits per heavy atom. The number of allylic oxidation sites excluding steroid dienone is 1. The molecule has 1 heterocycles. The van der Waals surface area contributed by atoms with Crippen molar-refractivity contribution in [2.24, 2.45) is 23.0 Å². The highest BCUT2D eigenvalue weighted by molar-refractivity contribution is 6.07. The van der Waals surface area contributed by atoms with E-state index in [9.17, 15) is 53.6 Å². The van der Waals surface area contributed by atoms with Gasteiger partial charge in [-0.05, 0) is 68.3 Å². The fourth-order valence-electron chi connectivity index (χ4n) is 8.26. The number of carbonyl (C=O) groups is 8. The van der Waals surface area contributed by atoms with E-state index >= 15 is 0 Å². The number of nitro groups is 1. The van der Waals surface area contributed by atoms with Gasteiger partial charge in [0.25, 0.3) is 11.6 Å². The summed E-state index contributed by atoms with van der Waals surface area (Å²) in [5.41, 5.74) is 3.10. The maximum absolute atomic E-state index is 14.3. The Morgan fingerprint density at radius 3 is 1.98 bits per heavy atom. The van der Waals surface area contributed by atoms with Crippen LogP contribution in [0.25, 0.3) is 0 Å². The number of nitrogens with one attached hydrogen (secondary N) is 4. The fraction of sp³-hybridized carbons (Fsp3) is 0.619. The maximum Gasteiger partial charge on any atom is 0.336 e. The van der Waals surface area contributed by atoms with Gasteiger partial charge in [0.1, 0.15) is 30.2 Å². The molecular weight excluding hydrogens is 794 g/mol. The highest BCUT2D eigenvalue weighted by Gasteiger charge is 2.46. The molecule has 4 rings (SSSR count). The molecule has 1 aromatic carbocycles. The van der Waals surface area contributed by atoms with Crippen LogP contribution in [0.2, 0.25) is 0 Å². The first-order valence-corrected chi connectivity index (χ1v) is 20.9. The zero-order chi connectivity index (χ0) is 45.0. The van der Waals surface area contributed by atoms with E-state index in [4.69, 9.17) is 5.73 Å². The summed E-state index contributed by atoms with van der Waals surface area (Å²) in [4.78, 5) is 118. The Kier molecular flexibility index (Phi) is 16.9. The second-order valence-corrected chi connectivity index (χ2v) is 17.1. The largest absolute Gasteiger partial charge is 0.478 e. The monoisotopic (exact) mass is 853 g/mol. The lowest BCUT2D eigenvalue weighted by Crippen LogP contribution is -2.67. The minimum Gasteiger partial charge on any atom is -0.478 e. The Balaban J connectivity index is 1.54. The van der Waals surface area contributed by atoms with Gasteiger partial charge in [0, 0.05) is 24.8 Å². The standard InChI is InChI=1S/C42H59N7O12/c1-42(2,3)34(47-37(53)29(17-11-12-18-31(50)61-4)44-36(52)28-23-26(49(59)60)19-20-27(28)41(57)58)40(56)48-22-21-30(48)38(54)46-33(25-15-9-6-10-16-25)39(55)45-32(35(43)51)24-13-7-5-8-14-24/h12,18-20,23-25,29-30,32-34H,5-11,13-17,21-22H2,1-4H3,(H2,43,51)(H,44,52)(H,45,55)(H,46,54)(H,47,53)(H,57,58)/b18-12+/t29-,30-,32-,33-,34+/m0/s1. The van der Waals surface area contributed by atoms with Crippen molar-refractivity contribution < 1.29 is 53.1 Å². The molecule has 19 heteroatoms. The number of amides is 6. The summed E-state index contributed by atoms with van der Waals surface area (Å²) < 4.78 is 4.59. The van der Waals surface area contributed by atoms with Crippen LogP contribution < -0.4 is 27.0 Å². The number of carbonyl (C=O) groups excluding carboxylic acids is 7. The highest BCUT2D eigenvalue weighted by atomic mass is 16.6. The van der Waals surface area contributed by atoms with Crippen molar-refractivity contribution in [3.63, 3.8) is 0 Å². The van der Waals surface area contributed by atoms with Crippen LogP contribution in [-0.2, 0) is 33.5 Å². The van der Waals surface area contributed by atoms with Gasteiger partial charge in [0.15, 0.2) is 0 Å². The van der Waals surface area contributed by atoms with Gasteiger partial charge in [-0.2, -0.15) is 0 Å². The molecule has 0 radical (unpaired) electrons. The van der Waals surface area contributed by atoms with E-state index < -0.39 is 105 Å². The van der Waals surface area contributed by atoms with E-state index in [2.05, 4.69) is 26.0 Å². The summed E-state index contributed by atoms with van der Waals surface area (Å²) in [6.07, 6.45) is 11.1. The number of primary amides is 1. The molecule has 3 aliphatic rings. The molecule has 1 aliphatic heterocycles. The second kappa shape index (κ2) is 21.6. The molecule has 334 valence electrons. The van der Waals surface area contributed by atoms with Crippen LogP contribution in [0.3, 0.4) is 0 Å². The number of rotatable bonds is 18. The summed E-state index contributed by atoms with van der Waals surface area (Å²) in [5.74, 6) is -6.82. The molecule has 1 aromatic rings. The number of hydrogen-bond acceptors (Lipinski definition) is 11. The lowest BCUT2D eigenvalue weighted by molar-refractivity contribution is -0.384. The van der Waals surface area contributed by atoms with Crippen molar-refractivity contribution in [1.82, 2.24) is 26.2 Å². The van der Waals surface area contributed by atoms with Gasteiger partial charge in [-0.15, -0.1) is 0 Å². The number of aromatic carboxylic acids is 1. The Hall–Kier alpha value is -5.88. The molecular formula is C42H59N7O12. The summed E-state index contributed by atoms with van der Waals surface area (Å²) in [6, 6.07) is -2.95. The number of nitrogens with zero attached hydrogens (tertiary/aromatic N) is 2. The van der Waals surface area contributed by atoms with E-state index in [0.29, 0.717) is 12.8 Å². The average Bonchev–Trinajstić information content (AvgIpc) is 3.20. The summed E-state index contributed by atoms with van der Waals surface area (Å²) in [5, 5.41) is 32.1. The zero-order valence-electron chi connectivity index (χ0n) is 35.2. The van der Waals surface area contributed by atoms with E-state index in [0.717, 1.165) is 75.6 Å². The van der Waals surface area contributed by atoms with Crippen molar-refractivity contribution >= 4 is 53.1 Å². The van der Waals surface area contributed by atoms with Crippen LogP contribution in [0.4, 0.5) is 5.69 Å². The molecule has 3 fully saturated rings. The quantitative estimate of drug-likeness (QED) is 0.0538. The van der Waals surface area contributed by atoms with Gasteiger partial charge in [-0.25, -0.2) is 9.59 Å². The minimum absolute atomic E-state index is 0.0211. The SMILES string of the molecule is COC(=O)/C=C/CC[C@H](NC(=O)c1cc([N+](=O)[O-])ccc1C(=O)O)C(=O)N[C@H](C(=O)N1CC[C@H]1C(=O)N[C@H](C(=O)N[C@H](C(N)=O)C1CCCCC1)C1CCCCC1)C(C)(C)C. The number of nitrogens with two attached hydrogens (primary N) is 1. The maximum atomic E-state index is 14.3. The van der Waals surface area contributed by atoms with Gasteiger partial charge >= 0.3 is 11.9 Å². The molecule has 0 unspecified atom stereocenters. The molecule has 6 amide bonds. The van der Waals surface area contributed by atoms with Gasteiger partial charge in [0.2, 0.25) is 29.5 Å². The molecule has 0 aromatic heterocycles. The van der Waals surface area contributed by atoms with Gasteiger partial charge in [-0.3, -0.25) is 38.9 Å². The summed E-state index contributed by atoms with van der Waals surface area (Å²) in [6.45, 7) is 5.22. The molecule has 0 spiro atoms. The third-order valence-corrected chi connectivity index (χ3v) is 11.8. The normalized spacial score (nSPS) is 19.3. The third-order valence-electron chi connectivity index (χ3n) is 11.8. The lowest BCUT2D eigenvalue weighted by atomic mass is 9.81. The van der Waals surface area contributed by atoms with Crippen LogP contribution in [0, 0.1) is 27.4 Å². The first-order chi connectivity index (χ1) is 28.8. The Labute approximate surface area is 354 Å². The van der Waals surface area contributed by atoms with Crippen molar-refractivity contribution in [3.8, 4) is 0 Å². The number of carboxylic acids is 1. The van der Waals surface area contributed by atoms with Crippen molar-refractivity contribution in [1.29, 1.82) is 0 Å². The van der Waals surface area contributed by atoms with E-state index in [-0.39, 0.29) is 37.6 Å². The minimum atomic E-state index is -1.55. The van der Waals surface area contributed by atoms with Gasteiger partial charge < -0.3 is 41.7 Å². The van der Waals surface area contributed by atoms with E-state index in [1.807, 2.05) is 0 Å². The Bertz CT molecular complexity index is 1870. The number of benzene rings is 1. The average molecular weight is 854 g/mol. The van der Waals surface area contributed by atoms with Gasteiger partial charge in [0.05, 0.1) is 23.2 Å².